The predicted molar refractivity (Wildman–Crippen MR) is 127 cm³/mol. The minimum absolute atomic E-state index is 0. The van der Waals surface area contributed by atoms with Crippen LogP contribution in [-0.4, -0.2) is 44.8 Å². The van der Waals surface area contributed by atoms with Gasteiger partial charge in [-0.3, -0.25) is 4.99 Å². The van der Waals surface area contributed by atoms with Gasteiger partial charge in [0.2, 0.25) is 0 Å². The summed E-state index contributed by atoms with van der Waals surface area (Å²) in [6.45, 7) is 5.72. The Morgan fingerprint density at radius 3 is 2.50 bits per heavy atom. The van der Waals surface area contributed by atoms with Crippen molar-refractivity contribution < 1.29 is 4.74 Å². The number of nitrogens with one attached hydrogen (secondary N) is 2. The molecular weight excluding hydrogens is 463 g/mol. The van der Waals surface area contributed by atoms with Crippen LogP contribution in [-0.2, 0) is 11.3 Å². The second-order valence-electron chi connectivity index (χ2n) is 7.93. The van der Waals surface area contributed by atoms with Crippen molar-refractivity contribution in [2.45, 2.75) is 51.3 Å². The van der Waals surface area contributed by atoms with Gasteiger partial charge < -0.3 is 20.3 Å². The summed E-state index contributed by atoms with van der Waals surface area (Å²) in [4.78, 5) is 6.80. The number of rotatable bonds is 6. The fraction of sp³-hybridized carbons (Fsp3) is 0.591. The van der Waals surface area contributed by atoms with Crippen LogP contribution < -0.4 is 15.5 Å². The lowest BCUT2D eigenvalue weighted by Gasteiger charge is -2.61. The minimum atomic E-state index is 0. The van der Waals surface area contributed by atoms with Gasteiger partial charge in [0.1, 0.15) is 0 Å². The number of hydrogen-bond donors (Lipinski definition) is 2. The highest BCUT2D eigenvalue weighted by Gasteiger charge is 2.59. The molecule has 0 bridgehead atoms. The number of hydrogen-bond acceptors (Lipinski definition) is 3. The number of nitrogens with zero attached hydrogens (tertiary/aromatic N) is 2. The molecule has 0 saturated heterocycles. The summed E-state index contributed by atoms with van der Waals surface area (Å²) in [6, 6.07) is 9.31. The smallest absolute Gasteiger partial charge is 0.191 e. The van der Waals surface area contributed by atoms with E-state index in [0.29, 0.717) is 17.6 Å². The Kier molecular flexibility index (Phi) is 7.25. The van der Waals surface area contributed by atoms with Crippen LogP contribution in [0.3, 0.4) is 0 Å². The van der Waals surface area contributed by atoms with Crippen LogP contribution in [0.25, 0.3) is 0 Å². The van der Waals surface area contributed by atoms with E-state index in [4.69, 9.17) is 4.74 Å². The van der Waals surface area contributed by atoms with Crippen molar-refractivity contribution in [1.82, 2.24) is 10.6 Å². The molecule has 1 aliphatic heterocycles. The summed E-state index contributed by atoms with van der Waals surface area (Å²) in [6.07, 6.45) is 9.84. The molecule has 5 nitrogen and oxygen atoms in total. The summed E-state index contributed by atoms with van der Waals surface area (Å²) in [7, 11) is 1.85. The average molecular weight is 496 g/mol. The second-order valence-corrected chi connectivity index (χ2v) is 7.93. The molecule has 2 atom stereocenters. The molecule has 1 aromatic carbocycles. The van der Waals surface area contributed by atoms with Gasteiger partial charge in [0, 0.05) is 50.4 Å². The molecule has 3 aliphatic rings. The number of aliphatic imine (C=N–C) groups is 1. The van der Waals surface area contributed by atoms with E-state index in [2.05, 4.69) is 63.9 Å². The van der Waals surface area contributed by atoms with Gasteiger partial charge >= 0.3 is 0 Å². The van der Waals surface area contributed by atoms with Gasteiger partial charge in [-0.1, -0.05) is 30.7 Å². The van der Waals surface area contributed by atoms with Crippen molar-refractivity contribution in [1.29, 1.82) is 0 Å². The summed E-state index contributed by atoms with van der Waals surface area (Å²) in [5, 5.41) is 7.13. The monoisotopic (exact) mass is 496 g/mol. The van der Waals surface area contributed by atoms with E-state index in [-0.39, 0.29) is 24.0 Å². The van der Waals surface area contributed by atoms with Crippen molar-refractivity contribution in [2.24, 2.45) is 10.4 Å². The van der Waals surface area contributed by atoms with Crippen LogP contribution in [0.2, 0.25) is 0 Å². The third kappa shape index (κ3) is 4.17. The molecular formula is C22H33IN4O. The first-order chi connectivity index (χ1) is 13.2. The molecule has 2 aliphatic carbocycles. The van der Waals surface area contributed by atoms with Crippen molar-refractivity contribution in [3.63, 3.8) is 0 Å². The number of benzene rings is 1. The Balaban J connectivity index is 0.00000225. The molecule has 1 aromatic rings. The van der Waals surface area contributed by atoms with E-state index in [1.54, 1.807) is 0 Å². The molecule has 6 heteroatoms. The zero-order chi connectivity index (χ0) is 18.7. The van der Waals surface area contributed by atoms with E-state index in [1.165, 1.54) is 30.5 Å². The zero-order valence-electron chi connectivity index (χ0n) is 17.0. The first kappa shape index (κ1) is 21.4. The zero-order valence-corrected chi connectivity index (χ0v) is 19.3. The lowest BCUT2D eigenvalue weighted by atomic mass is 9.51. The normalized spacial score (nSPS) is 25.1. The quantitative estimate of drug-likeness (QED) is 0.273. The molecule has 2 fully saturated rings. The maximum Gasteiger partial charge on any atom is 0.191 e. The van der Waals surface area contributed by atoms with Crippen LogP contribution in [0.4, 0.5) is 5.69 Å². The molecule has 2 N–H and O–H groups in total. The van der Waals surface area contributed by atoms with Crippen LogP contribution >= 0.6 is 24.0 Å². The van der Waals surface area contributed by atoms with Gasteiger partial charge in [0.05, 0.1) is 6.10 Å². The molecule has 0 aromatic heterocycles. The number of guanidine groups is 1. The second kappa shape index (κ2) is 9.48. The highest BCUT2D eigenvalue weighted by molar-refractivity contribution is 14.0. The Bertz CT molecular complexity index is 691. The summed E-state index contributed by atoms with van der Waals surface area (Å²) < 4.78 is 5.95. The van der Waals surface area contributed by atoms with E-state index in [0.717, 1.165) is 38.6 Å². The molecule has 4 rings (SSSR count). The van der Waals surface area contributed by atoms with E-state index < -0.39 is 0 Å². The Morgan fingerprint density at radius 1 is 1.21 bits per heavy atom. The fourth-order valence-electron chi connectivity index (χ4n) is 4.70. The lowest BCUT2D eigenvalue weighted by Crippen LogP contribution is -2.68. The molecule has 1 spiro atoms. The van der Waals surface area contributed by atoms with Crippen molar-refractivity contribution in [3.05, 3.63) is 42.0 Å². The highest BCUT2D eigenvalue weighted by Crippen LogP contribution is 2.57. The van der Waals surface area contributed by atoms with Gasteiger partial charge in [0.25, 0.3) is 0 Å². The van der Waals surface area contributed by atoms with E-state index in [1.807, 2.05) is 7.05 Å². The molecule has 154 valence electrons. The standard InChI is InChI=1S/C22H32N4O.HI/c1-3-27-20-15-19(22(20)11-6-12-22)25-21(23-2)24-16-17-7-9-18(10-8-17)26-13-4-5-14-26;/h4-5,7-10,19-20H,3,6,11-16H2,1-2H3,(H2,23,24,25);1H. The highest BCUT2D eigenvalue weighted by atomic mass is 127. The Hall–Kier alpha value is -1.28. The minimum Gasteiger partial charge on any atom is -0.378 e. The largest absolute Gasteiger partial charge is 0.378 e. The maximum atomic E-state index is 5.95. The topological polar surface area (TPSA) is 48.9 Å². The van der Waals surface area contributed by atoms with Crippen LogP contribution in [0, 0.1) is 5.41 Å². The van der Waals surface area contributed by atoms with Crippen molar-refractivity contribution in [2.75, 3.05) is 31.6 Å². The van der Waals surface area contributed by atoms with Gasteiger partial charge in [0.15, 0.2) is 5.96 Å². The van der Waals surface area contributed by atoms with Crippen LogP contribution in [0.5, 0.6) is 0 Å². The molecule has 0 radical (unpaired) electrons. The average Bonchev–Trinajstić information content (AvgIpc) is 3.17. The van der Waals surface area contributed by atoms with E-state index in [9.17, 15) is 0 Å². The molecule has 28 heavy (non-hydrogen) atoms. The number of anilines is 1. The molecule has 1 heterocycles. The maximum absolute atomic E-state index is 5.95. The SMILES string of the molecule is CCOC1CC(NC(=NC)NCc2ccc(N3CC=CC3)cc2)C12CCC2.I. The van der Waals surface area contributed by atoms with Gasteiger partial charge in [-0.2, -0.15) is 0 Å². The van der Waals surface area contributed by atoms with Crippen molar-refractivity contribution in [3.8, 4) is 0 Å². The third-order valence-electron chi connectivity index (χ3n) is 6.55. The van der Waals surface area contributed by atoms with Gasteiger partial charge in [-0.05, 0) is 43.9 Å². The van der Waals surface area contributed by atoms with Crippen LogP contribution in [0.15, 0.2) is 41.4 Å². The molecule has 2 saturated carbocycles. The predicted octanol–water partition coefficient (Wildman–Crippen LogP) is 3.69. The van der Waals surface area contributed by atoms with Gasteiger partial charge in [-0.25, -0.2) is 0 Å². The lowest BCUT2D eigenvalue weighted by molar-refractivity contribution is -0.168. The van der Waals surface area contributed by atoms with E-state index >= 15 is 0 Å². The fourth-order valence-corrected chi connectivity index (χ4v) is 4.70. The Morgan fingerprint density at radius 2 is 1.93 bits per heavy atom. The number of ether oxygens (including phenoxy) is 1. The van der Waals surface area contributed by atoms with Crippen LogP contribution in [0.1, 0.15) is 38.2 Å². The first-order valence-electron chi connectivity index (χ1n) is 10.3. The molecule has 2 unspecified atom stereocenters. The molecule has 0 amide bonds. The number of halogens is 1. The Labute approximate surface area is 186 Å². The summed E-state index contributed by atoms with van der Waals surface area (Å²) in [5.74, 6) is 0.897. The first-order valence-corrected chi connectivity index (χ1v) is 10.3. The summed E-state index contributed by atoms with van der Waals surface area (Å²) in [5.41, 5.74) is 2.90. The van der Waals surface area contributed by atoms with Crippen molar-refractivity contribution >= 4 is 35.6 Å². The summed E-state index contributed by atoms with van der Waals surface area (Å²) >= 11 is 0. The third-order valence-corrected chi connectivity index (χ3v) is 6.55. The van der Waals surface area contributed by atoms with Gasteiger partial charge in [-0.15, -0.1) is 24.0 Å².